The van der Waals surface area contributed by atoms with E-state index in [9.17, 15) is 9.59 Å². The second-order valence-electron chi connectivity index (χ2n) is 5.74. The Hall–Kier alpha value is -2.31. The number of anilines is 1. The summed E-state index contributed by atoms with van der Waals surface area (Å²) in [5.74, 6) is -0.696. The highest BCUT2D eigenvalue weighted by atomic mass is 32.1. The average molecular weight is 370 g/mol. The van der Waals surface area contributed by atoms with Crippen LogP contribution in [0.25, 0.3) is 6.08 Å². The van der Waals surface area contributed by atoms with Crippen molar-refractivity contribution >= 4 is 52.2 Å². The number of para-hydroxylation sites is 1. The highest BCUT2D eigenvalue weighted by molar-refractivity contribution is 7.80. The summed E-state index contributed by atoms with van der Waals surface area (Å²) < 4.78 is 0. The van der Waals surface area contributed by atoms with E-state index in [2.05, 4.69) is 0 Å². The summed E-state index contributed by atoms with van der Waals surface area (Å²) in [6, 6.07) is 11.2. The van der Waals surface area contributed by atoms with Crippen LogP contribution in [0.5, 0.6) is 0 Å². The summed E-state index contributed by atoms with van der Waals surface area (Å²) in [6.07, 6.45) is 2.44. The van der Waals surface area contributed by atoms with E-state index >= 15 is 0 Å². The fourth-order valence-electron chi connectivity index (χ4n) is 2.66. The van der Waals surface area contributed by atoms with Crippen molar-refractivity contribution in [2.45, 2.75) is 20.3 Å². The van der Waals surface area contributed by atoms with Gasteiger partial charge in [-0.25, -0.2) is 0 Å². The van der Waals surface area contributed by atoms with Crippen molar-refractivity contribution in [3.8, 4) is 0 Å². The van der Waals surface area contributed by atoms with E-state index in [0.717, 1.165) is 16.9 Å². The van der Waals surface area contributed by atoms with Gasteiger partial charge in [0.15, 0.2) is 5.11 Å². The first-order valence-corrected chi connectivity index (χ1v) is 9.34. The Kier molecular flexibility index (Phi) is 5.11. The maximum atomic E-state index is 13.1. The number of thiocarbonyl (C=S) groups is 1. The Balaban J connectivity index is 2.10. The van der Waals surface area contributed by atoms with E-state index in [-0.39, 0.29) is 22.5 Å². The van der Waals surface area contributed by atoms with E-state index < -0.39 is 0 Å². The molecule has 4 nitrogen and oxygen atoms in total. The second-order valence-corrected chi connectivity index (χ2v) is 7.05. The number of aryl methyl sites for hydroxylation is 1. The molecule has 0 unspecified atom stereocenters. The minimum absolute atomic E-state index is 0.149. The maximum Gasteiger partial charge on any atom is 0.270 e. The number of nitrogens with zero attached hydrogens (tertiary/aromatic N) is 2. The molecule has 6 heteroatoms. The summed E-state index contributed by atoms with van der Waals surface area (Å²) in [6.45, 7) is 4.42. The van der Waals surface area contributed by atoms with Gasteiger partial charge in [-0.2, -0.15) is 0 Å². The van der Waals surface area contributed by atoms with Gasteiger partial charge in [0, 0.05) is 11.4 Å². The van der Waals surface area contributed by atoms with Crippen molar-refractivity contribution in [1.29, 1.82) is 0 Å². The van der Waals surface area contributed by atoms with E-state index in [4.69, 9.17) is 12.2 Å². The Bertz CT molecular complexity index is 855. The van der Waals surface area contributed by atoms with Crippen LogP contribution in [0.1, 0.15) is 23.8 Å². The van der Waals surface area contributed by atoms with Gasteiger partial charge in [-0.05, 0) is 60.8 Å². The van der Waals surface area contributed by atoms with E-state index in [1.807, 2.05) is 55.6 Å². The van der Waals surface area contributed by atoms with Crippen molar-refractivity contribution in [3.05, 3.63) is 57.8 Å². The number of thiophene rings is 1. The third-order valence-corrected chi connectivity index (χ3v) is 5.34. The lowest BCUT2D eigenvalue weighted by molar-refractivity contribution is -0.127. The molecule has 2 heterocycles. The highest BCUT2D eigenvalue weighted by Gasteiger charge is 2.39. The molecule has 0 atom stereocenters. The lowest BCUT2D eigenvalue weighted by Gasteiger charge is -2.36. The lowest BCUT2D eigenvalue weighted by atomic mass is 10.1. The first-order chi connectivity index (χ1) is 12.0. The van der Waals surface area contributed by atoms with Crippen LogP contribution in [0.3, 0.4) is 0 Å². The van der Waals surface area contributed by atoms with E-state index in [1.165, 1.54) is 21.1 Å². The third kappa shape index (κ3) is 3.27. The second kappa shape index (κ2) is 7.29. The zero-order chi connectivity index (χ0) is 18.0. The zero-order valence-electron chi connectivity index (χ0n) is 14.1. The first-order valence-electron chi connectivity index (χ1n) is 8.05. The molecule has 0 saturated carbocycles. The molecule has 0 aliphatic carbocycles. The number of amides is 2. The van der Waals surface area contributed by atoms with Gasteiger partial charge in [0.2, 0.25) is 0 Å². The van der Waals surface area contributed by atoms with Crippen LogP contribution in [0.2, 0.25) is 0 Å². The zero-order valence-corrected chi connectivity index (χ0v) is 15.7. The molecule has 128 valence electrons. The molecule has 1 aliphatic rings. The number of hydrogen-bond acceptors (Lipinski definition) is 4. The van der Waals surface area contributed by atoms with E-state index in [1.54, 1.807) is 6.08 Å². The quantitative estimate of drug-likeness (QED) is 0.464. The van der Waals surface area contributed by atoms with Crippen LogP contribution in [0.15, 0.2) is 47.4 Å². The molecule has 0 N–H and O–H groups in total. The van der Waals surface area contributed by atoms with Gasteiger partial charge >= 0.3 is 0 Å². The molecule has 0 radical (unpaired) electrons. The summed E-state index contributed by atoms with van der Waals surface area (Å²) >= 11 is 6.97. The largest absolute Gasteiger partial charge is 0.284 e. The molecule has 1 aliphatic heterocycles. The number of carbonyl (C=O) groups is 2. The molecule has 3 rings (SSSR count). The molecule has 1 aromatic carbocycles. The molecule has 25 heavy (non-hydrogen) atoms. The molecule has 2 aromatic rings. The van der Waals surface area contributed by atoms with Gasteiger partial charge in [0.25, 0.3) is 11.8 Å². The van der Waals surface area contributed by atoms with Gasteiger partial charge in [-0.1, -0.05) is 25.1 Å². The lowest BCUT2D eigenvalue weighted by Crippen LogP contribution is -2.56. The van der Waals surface area contributed by atoms with Crippen LogP contribution < -0.4 is 4.90 Å². The van der Waals surface area contributed by atoms with Crippen LogP contribution in [-0.2, 0) is 9.59 Å². The van der Waals surface area contributed by atoms with Crippen molar-refractivity contribution in [1.82, 2.24) is 4.90 Å². The van der Waals surface area contributed by atoms with Crippen LogP contribution in [0.4, 0.5) is 5.69 Å². The molecule has 0 bridgehead atoms. The summed E-state index contributed by atoms with van der Waals surface area (Å²) in [5.41, 5.74) is 1.86. The summed E-state index contributed by atoms with van der Waals surface area (Å²) in [5, 5.41) is 2.19. The third-order valence-electron chi connectivity index (χ3n) is 3.97. The maximum absolute atomic E-state index is 13.1. The summed E-state index contributed by atoms with van der Waals surface area (Å²) in [4.78, 5) is 29.8. The fraction of sp³-hybridized carbons (Fsp3) is 0.211. The van der Waals surface area contributed by atoms with Gasteiger partial charge in [0.05, 0.1) is 5.69 Å². The highest BCUT2D eigenvalue weighted by Crippen LogP contribution is 2.28. The molecule has 1 aromatic heterocycles. The molecule has 0 spiro atoms. The summed E-state index contributed by atoms with van der Waals surface area (Å²) in [7, 11) is 0. The number of rotatable bonds is 4. The minimum Gasteiger partial charge on any atom is -0.284 e. The minimum atomic E-state index is -0.374. The fourth-order valence-corrected chi connectivity index (χ4v) is 3.89. The van der Waals surface area contributed by atoms with Crippen molar-refractivity contribution in [2.75, 3.05) is 11.4 Å². The first kappa shape index (κ1) is 17.5. The van der Waals surface area contributed by atoms with E-state index in [0.29, 0.717) is 12.2 Å². The Morgan fingerprint density at radius 3 is 2.44 bits per heavy atom. The van der Waals surface area contributed by atoms with Crippen molar-refractivity contribution in [2.24, 2.45) is 0 Å². The van der Waals surface area contributed by atoms with Gasteiger partial charge < -0.3 is 0 Å². The molecule has 1 fully saturated rings. The number of carbonyl (C=O) groups excluding carboxylic acids is 2. The van der Waals surface area contributed by atoms with Crippen molar-refractivity contribution < 1.29 is 9.59 Å². The number of hydrogen-bond donors (Lipinski definition) is 0. The monoisotopic (exact) mass is 370 g/mol. The predicted molar refractivity (Wildman–Crippen MR) is 106 cm³/mol. The normalized spacial score (nSPS) is 16.9. The predicted octanol–water partition coefficient (Wildman–Crippen LogP) is 4.01. The van der Waals surface area contributed by atoms with Crippen LogP contribution in [-0.4, -0.2) is 28.4 Å². The standard InChI is InChI=1S/C19H18N2O2S2/c1-3-10-20-17(22)15(12-16-13(2)9-11-25-16)18(23)21(19(20)24)14-7-5-4-6-8-14/h4-9,11-12H,3,10H2,1-2H3. The van der Waals surface area contributed by atoms with Crippen molar-refractivity contribution in [3.63, 3.8) is 0 Å². The Labute approximate surface area is 156 Å². The smallest absolute Gasteiger partial charge is 0.270 e. The van der Waals surface area contributed by atoms with Gasteiger partial charge in [-0.3, -0.25) is 19.4 Å². The Morgan fingerprint density at radius 1 is 1.12 bits per heavy atom. The Morgan fingerprint density at radius 2 is 1.84 bits per heavy atom. The van der Waals surface area contributed by atoms with Crippen LogP contribution in [0, 0.1) is 6.92 Å². The molecule has 1 saturated heterocycles. The molecular formula is C19H18N2O2S2. The topological polar surface area (TPSA) is 40.6 Å². The van der Waals surface area contributed by atoms with Crippen LogP contribution >= 0.6 is 23.6 Å². The molecular weight excluding hydrogens is 352 g/mol. The average Bonchev–Trinajstić information content (AvgIpc) is 3.01. The van der Waals surface area contributed by atoms with Gasteiger partial charge in [0.1, 0.15) is 5.57 Å². The van der Waals surface area contributed by atoms with Gasteiger partial charge in [-0.15, -0.1) is 11.3 Å². The SMILES string of the molecule is CCCN1C(=O)C(=Cc2sccc2C)C(=O)N(c2ccccc2)C1=S. The molecule has 2 amide bonds. The number of benzene rings is 1.